The van der Waals surface area contributed by atoms with E-state index in [-0.39, 0.29) is 22.6 Å². The van der Waals surface area contributed by atoms with Crippen molar-refractivity contribution in [2.24, 2.45) is 0 Å². The fourth-order valence-electron chi connectivity index (χ4n) is 3.58. The largest absolute Gasteiger partial charge is 0.450 e. The summed E-state index contributed by atoms with van der Waals surface area (Å²) in [5.41, 5.74) is 0.797. The molecule has 0 radical (unpaired) electrons. The lowest BCUT2D eigenvalue weighted by Crippen LogP contribution is -2.29. The van der Waals surface area contributed by atoms with Crippen LogP contribution in [0.2, 0.25) is 0 Å². The lowest BCUT2D eigenvalue weighted by molar-refractivity contribution is 0.0969. The van der Waals surface area contributed by atoms with Crippen LogP contribution in [0.4, 0.5) is 10.2 Å². The van der Waals surface area contributed by atoms with Crippen LogP contribution in [0.3, 0.4) is 0 Å². The first-order valence-corrected chi connectivity index (χ1v) is 8.62. The van der Waals surface area contributed by atoms with Gasteiger partial charge < -0.3 is 8.94 Å². The number of para-hydroxylation sites is 1. The molecule has 0 bridgehead atoms. The van der Waals surface area contributed by atoms with Crippen molar-refractivity contribution in [1.29, 1.82) is 0 Å². The quantitative estimate of drug-likeness (QED) is 0.529. The molecule has 1 atom stereocenters. The van der Waals surface area contributed by atoms with Crippen LogP contribution in [0.15, 0.2) is 68.3 Å². The van der Waals surface area contributed by atoms with Gasteiger partial charge in [0.1, 0.15) is 17.2 Å². The molecule has 2 aromatic heterocycles. The molecule has 1 amide bonds. The number of hydrogen-bond donors (Lipinski definition) is 0. The Morgan fingerprint density at radius 3 is 2.54 bits per heavy atom. The highest BCUT2D eigenvalue weighted by molar-refractivity contribution is 6.10. The van der Waals surface area contributed by atoms with Crippen LogP contribution in [0, 0.1) is 12.7 Å². The second-order valence-corrected chi connectivity index (χ2v) is 6.60. The molecule has 28 heavy (non-hydrogen) atoms. The van der Waals surface area contributed by atoms with E-state index in [0.717, 1.165) is 0 Å². The minimum Gasteiger partial charge on any atom is -0.450 e. The Morgan fingerprint density at radius 2 is 1.82 bits per heavy atom. The maximum atomic E-state index is 13.5. The number of carbonyl (C=O) groups excluding carboxylic acids is 1. The molecule has 1 aliphatic rings. The molecular weight excluding hydrogens is 363 g/mol. The number of carbonyl (C=O) groups is 1. The van der Waals surface area contributed by atoms with Gasteiger partial charge in [-0.2, -0.15) is 0 Å². The van der Waals surface area contributed by atoms with E-state index in [1.807, 2.05) is 0 Å². The smallest absolute Gasteiger partial charge is 0.296 e. The molecule has 7 heteroatoms. The summed E-state index contributed by atoms with van der Waals surface area (Å²) in [7, 11) is 0. The van der Waals surface area contributed by atoms with Crippen molar-refractivity contribution in [2.45, 2.75) is 13.0 Å². The number of hydrogen-bond acceptors (Lipinski definition) is 5. The van der Waals surface area contributed by atoms with E-state index in [4.69, 9.17) is 8.94 Å². The summed E-state index contributed by atoms with van der Waals surface area (Å²) in [4.78, 5) is 27.8. The number of anilines is 1. The van der Waals surface area contributed by atoms with Crippen molar-refractivity contribution in [3.8, 4) is 0 Å². The molecule has 2 aromatic carbocycles. The van der Waals surface area contributed by atoms with E-state index >= 15 is 0 Å². The normalized spacial score (nSPS) is 16.0. The molecule has 4 aromatic rings. The Bertz CT molecular complexity index is 1290. The van der Waals surface area contributed by atoms with Crippen LogP contribution >= 0.6 is 0 Å². The summed E-state index contributed by atoms with van der Waals surface area (Å²) >= 11 is 0. The van der Waals surface area contributed by atoms with Gasteiger partial charge in [0.15, 0.2) is 11.2 Å². The Morgan fingerprint density at radius 1 is 1.07 bits per heavy atom. The molecule has 0 saturated heterocycles. The number of benzene rings is 2. The van der Waals surface area contributed by atoms with Gasteiger partial charge in [0.2, 0.25) is 5.76 Å². The fraction of sp³-hybridized carbons (Fsp3) is 0.0952. The predicted octanol–water partition coefficient (Wildman–Crippen LogP) is 3.98. The van der Waals surface area contributed by atoms with Gasteiger partial charge in [0.05, 0.1) is 17.0 Å². The summed E-state index contributed by atoms with van der Waals surface area (Å²) in [5, 5.41) is 4.31. The molecule has 0 saturated carbocycles. The second kappa shape index (κ2) is 5.88. The van der Waals surface area contributed by atoms with Gasteiger partial charge in [-0.25, -0.2) is 4.39 Å². The summed E-state index contributed by atoms with van der Waals surface area (Å²) in [6.45, 7) is 1.70. The second-order valence-electron chi connectivity index (χ2n) is 6.60. The zero-order valence-corrected chi connectivity index (χ0v) is 14.7. The molecule has 138 valence electrons. The summed E-state index contributed by atoms with van der Waals surface area (Å²) in [6, 6.07) is 13.2. The van der Waals surface area contributed by atoms with Crippen molar-refractivity contribution < 1.29 is 18.1 Å². The molecule has 0 spiro atoms. The van der Waals surface area contributed by atoms with E-state index in [1.54, 1.807) is 37.3 Å². The third-order valence-electron chi connectivity index (χ3n) is 4.83. The number of amides is 1. The maximum Gasteiger partial charge on any atom is 0.296 e. The average Bonchev–Trinajstić information content (AvgIpc) is 3.24. The van der Waals surface area contributed by atoms with Gasteiger partial charge in [-0.05, 0) is 36.8 Å². The molecular formula is C21H13FN2O4. The molecule has 0 fully saturated rings. The first-order chi connectivity index (χ1) is 13.5. The molecule has 0 N–H and O–H groups in total. The third kappa shape index (κ3) is 2.29. The van der Waals surface area contributed by atoms with E-state index in [1.165, 1.54) is 29.2 Å². The molecule has 0 aliphatic carbocycles. The fourth-order valence-corrected chi connectivity index (χ4v) is 3.58. The van der Waals surface area contributed by atoms with Gasteiger partial charge in [0, 0.05) is 6.07 Å². The van der Waals surface area contributed by atoms with Crippen molar-refractivity contribution in [3.63, 3.8) is 0 Å². The Balaban J connectivity index is 1.82. The predicted molar refractivity (Wildman–Crippen MR) is 98.8 cm³/mol. The number of aromatic nitrogens is 1. The topological polar surface area (TPSA) is 76.6 Å². The SMILES string of the molecule is Cc1cc(N2C(=O)c3oc4ccccc4c(=O)c3C2c2ccc(F)cc2)no1. The Hall–Kier alpha value is -3.74. The lowest BCUT2D eigenvalue weighted by Gasteiger charge is -2.22. The van der Waals surface area contributed by atoms with E-state index in [2.05, 4.69) is 5.16 Å². The van der Waals surface area contributed by atoms with Gasteiger partial charge in [-0.3, -0.25) is 14.5 Å². The van der Waals surface area contributed by atoms with Gasteiger partial charge in [0.25, 0.3) is 5.91 Å². The molecule has 1 aliphatic heterocycles. The van der Waals surface area contributed by atoms with E-state index < -0.39 is 17.8 Å². The summed E-state index contributed by atoms with van der Waals surface area (Å²) in [6.07, 6.45) is 0. The van der Waals surface area contributed by atoms with E-state index in [9.17, 15) is 14.0 Å². The number of aryl methyl sites for hydroxylation is 1. The van der Waals surface area contributed by atoms with Crippen LogP contribution in [-0.4, -0.2) is 11.1 Å². The monoisotopic (exact) mass is 376 g/mol. The van der Waals surface area contributed by atoms with Crippen LogP contribution < -0.4 is 10.3 Å². The van der Waals surface area contributed by atoms with Crippen molar-refractivity contribution in [1.82, 2.24) is 5.16 Å². The first-order valence-electron chi connectivity index (χ1n) is 8.62. The summed E-state index contributed by atoms with van der Waals surface area (Å²) in [5.74, 6) is -0.186. The van der Waals surface area contributed by atoms with Gasteiger partial charge in [-0.15, -0.1) is 0 Å². The number of nitrogens with zero attached hydrogens (tertiary/aromatic N) is 2. The highest BCUT2D eigenvalue weighted by Crippen LogP contribution is 2.40. The van der Waals surface area contributed by atoms with Crippen molar-refractivity contribution in [2.75, 3.05) is 4.90 Å². The third-order valence-corrected chi connectivity index (χ3v) is 4.83. The summed E-state index contributed by atoms with van der Waals surface area (Å²) < 4.78 is 24.4. The zero-order chi connectivity index (χ0) is 19.4. The minimum atomic E-state index is -0.798. The van der Waals surface area contributed by atoms with Crippen LogP contribution in [0.25, 0.3) is 11.0 Å². The molecule has 3 heterocycles. The highest BCUT2D eigenvalue weighted by atomic mass is 19.1. The minimum absolute atomic E-state index is 0.0429. The zero-order valence-electron chi connectivity index (χ0n) is 14.7. The Kier molecular flexibility index (Phi) is 3.45. The van der Waals surface area contributed by atoms with Crippen molar-refractivity contribution in [3.05, 3.63) is 93.3 Å². The highest BCUT2D eigenvalue weighted by Gasteiger charge is 2.44. The lowest BCUT2D eigenvalue weighted by atomic mass is 9.98. The number of halogens is 1. The first kappa shape index (κ1) is 16.4. The van der Waals surface area contributed by atoms with Gasteiger partial charge in [-0.1, -0.05) is 29.4 Å². The standard InChI is InChI=1S/C21H13FN2O4/c1-11-10-16(23-28-11)24-18(12-6-8-13(22)9-7-12)17-19(25)14-4-2-3-5-15(14)27-20(17)21(24)26/h2-10,18H,1H3. The van der Waals surface area contributed by atoms with Crippen LogP contribution in [0.1, 0.15) is 33.5 Å². The van der Waals surface area contributed by atoms with Crippen LogP contribution in [0.5, 0.6) is 0 Å². The van der Waals surface area contributed by atoms with E-state index in [0.29, 0.717) is 22.3 Å². The molecule has 1 unspecified atom stereocenters. The number of rotatable bonds is 2. The number of fused-ring (bicyclic) bond motifs is 2. The van der Waals surface area contributed by atoms with Crippen LogP contribution in [-0.2, 0) is 0 Å². The molecule has 5 rings (SSSR count). The van der Waals surface area contributed by atoms with Crippen molar-refractivity contribution >= 4 is 22.7 Å². The average molecular weight is 376 g/mol. The van der Waals surface area contributed by atoms with Gasteiger partial charge >= 0.3 is 0 Å². The Labute approximate surface area is 157 Å². The molecule has 6 nitrogen and oxygen atoms in total. The maximum absolute atomic E-state index is 13.5.